The molecule has 0 saturated heterocycles. The Morgan fingerprint density at radius 2 is 1.69 bits per heavy atom. The summed E-state index contributed by atoms with van der Waals surface area (Å²) in [5.74, 6) is 1.68. The van der Waals surface area contributed by atoms with Gasteiger partial charge in [-0.15, -0.1) is 0 Å². The molecule has 5 nitrogen and oxygen atoms in total. The van der Waals surface area contributed by atoms with Gasteiger partial charge >= 0.3 is 0 Å². The number of carbonyl (C=O) groups excluding carboxylic acids is 1. The first-order chi connectivity index (χ1) is 12.4. The summed E-state index contributed by atoms with van der Waals surface area (Å²) in [4.78, 5) is 12.2. The second-order valence-corrected chi connectivity index (χ2v) is 6.10. The van der Waals surface area contributed by atoms with Gasteiger partial charge in [0.15, 0.2) is 11.5 Å². The molecule has 0 aliphatic carbocycles. The van der Waals surface area contributed by atoms with Crippen LogP contribution in [0.15, 0.2) is 42.5 Å². The molecule has 0 spiro atoms. The molecule has 0 bridgehead atoms. The SMILES string of the molecule is COc1ccc(C)cc1NC(=O)/C=C/c1ccc(OC(C)C)c(OC)c1. The minimum atomic E-state index is -0.240. The number of methoxy groups -OCH3 is 2. The van der Waals surface area contributed by atoms with Gasteiger partial charge in [0.2, 0.25) is 5.91 Å². The summed E-state index contributed by atoms with van der Waals surface area (Å²) in [6, 6.07) is 11.2. The van der Waals surface area contributed by atoms with Gasteiger partial charge in [-0.1, -0.05) is 12.1 Å². The predicted molar refractivity (Wildman–Crippen MR) is 104 cm³/mol. The molecular weight excluding hydrogens is 330 g/mol. The van der Waals surface area contributed by atoms with Crippen molar-refractivity contribution in [3.63, 3.8) is 0 Å². The van der Waals surface area contributed by atoms with Crippen LogP contribution in [0.4, 0.5) is 5.69 Å². The molecule has 1 N–H and O–H groups in total. The van der Waals surface area contributed by atoms with E-state index < -0.39 is 0 Å². The Morgan fingerprint density at radius 3 is 2.35 bits per heavy atom. The van der Waals surface area contributed by atoms with E-state index in [-0.39, 0.29) is 12.0 Å². The fraction of sp³-hybridized carbons (Fsp3) is 0.286. The molecule has 0 aromatic heterocycles. The van der Waals surface area contributed by atoms with Crippen LogP contribution < -0.4 is 19.5 Å². The van der Waals surface area contributed by atoms with E-state index in [1.54, 1.807) is 20.3 Å². The van der Waals surface area contributed by atoms with Gasteiger partial charge in [0.05, 0.1) is 26.0 Å². The molecular formula is C21H25NO4. The Labute approximate surface area is 154 Å². The van der Waals surface area contributed by atoms with E-state index in [1.807, 2.05) is 57.2 Å². The molecule has 5 heteroatoms. The number of carbonyl (C=O) groups is 1. The number of ether oxygens (including phenoxy) is 3. The van der Waals surface area contributed by atoms with Gasteiger partial charge in [-0.3, -0.25) is 4.79 Å². The number of benzene rings is 2. The first kappa shape index (κ1) is 19.4. The fourth-order valence-corrected chi connectivity index (χ4v) is 2.40. The summed E-state index contributed by atoms with van der Waals surface area (Å²) in [6.07, 6.45) is 3.25. The normalized spacial score (nSPS) is 10.8. The monoisotopic (exact) mass is 355 g/mol. The van der Waals surface area contributed by atoms with E-state index >= 15 is 0 Å². The van der Waals surface area contributed by atoms with Crippen LogP contribution in [0.1, 0.15) is 25.0 Å². The Bertz CT molecular complexity index is 797. The highest BCUT2D eigenvalue weighted by atomic mass is 16.5. The molecule has 1 amide bonds. The van der Waals surface area contributed by atoms with Crippen molar-refractivity contribution in [3.8, 4) is 17.2 Å². The van der Waals surface area contributed by atoms with E-state index in [1.165, 1.54) is 6.08 Å². The van der Waals surface area contributed by atoms with Crippen molar-refractivity contribution in [2.45, 2.75) is 26.9 Å². The molecule has 2 aromatic carbocycles. The summed E-state index contributed by atoms with van der Waals surface area (Å²) in [6.45, 7) is 5.87. The summed E-state index contributed by atoms with van der Waals surface area (Å²) in [5, 5.41) is 2.83. The third-order valence-corrected chi connectivity index (χ3v) is 3.59. The van der Waals surface area contributed by atoms with E-state index in [9.17, 15) is 4.79 Å². The average molecular weight is 355 g/mol. The third kappa shape index (κ3) is 5.28. The number of hydrogen-bond acceptors (Lipinski definition) is 4. The van der Waals surface area contributed by atoms with Crippen LogP contribution in [0, 0.1) is 6.92 Å². The minimum Gasteiger partial charge on any atom is -0.495 e. The van der Waals surface area contributed by atoms with E-state index in [0.717, 1.165) is 11.1 Å². The van der Waals surface area contributed by atoms with E-state index in [0.29, 0.717) is 22.9 Å². The van der Waals surface area contributed by atoms with Gasteiger partial charge in [-0.2, -0.15) is 0 Å². The van der Waals surface area contributed by atoms with E-state index in [4.69, 9.17) is 14.2 Å². The molecule has 0 unspecified atom stereocenters. The van der Waals surface area contributed by atoms with Crippen molar-refractivity contribution in [1.29, 1.82) is 0 Å². The fourth-order valence-electron chi connectivity index (χ4n) is 2.40. The smallest absolute Gasteiger partial charge is 0.248 e. The van der Waals surface area contributed by atoms with Crippen LogP contribution in [0.3, 0.4) is 0 Å². The zero-order valence-electron chi connectivity index (χ0n) is 15.8. The lowest BCUT2D eigenvalue weighted by molar-refractivity contribution is -0.111. The van der Waals surface area contributed by atoms with Crippen molar-refractivity contribution in [3.05, 3.63) is 53.6 Å². The average Bonchev–Trinajstić information content (AvgIpc) is 2.60. The van der Waals surface area contributed by atoms with Gasteiger partial charge in [0, 0.05) is 6.08 Å². The minimum absolute atomic E-state index is 0.0559. The number of aryl methyl sites for hydroxylation is 1. The standard InChI is InChI=1S/C21H25NO4/c1-14(2)26-19-10-7-16(13-20(19)25-5)8-11-21(23)22-17-12-15(3)6-9-18(17)24-4/h6-14H,1-5H3,(H,22,23)/b11-8+. The van der Waals surface area contributed by atoms with Crippen molar-refractivity contribution in [2.75, 3.05) is 19.5 Å². The van der Waals surface area contributed by atoms with Crippen LogP contribution in [0.2, 0.25) is 0 Å². The van der Waals surface area contributed by atoms with E-state index in [2.05, 4.69) is 5.32 Å². The first-order valence-corrected chi connectivity index (χ1v) is 8.41. The number of nitrogens with one attached hydrogen (secondary N) is 1. The number of hydrogen-bond donors (Lipinski definition) is 1. The second kappa shape index (κ2) is 8.94. The second-order valence-electron chi connectivity index (χ2n) is 6.10. The number of amides is 1. The summed E-state index contributed by atoms with van der Waals surface area (Å²) in [5.41, 5.74) is 2.51. The maximum atomic E-state index is 12.2. The van der Waals surface area contributed by atoms with Crippen LogP contribution in [-0.4, -0.2) is 26.2 Å². The van der Waals surface area contributed by atoms with Crippen molar-refractivity contribution >= 4 is 17.7 Å². The van der Waals surface area contributed by atoms with Crippen LogP contribution in [-0.2, 0) is 4.79 Å². The highest BCUT2D eigenvalue weighted by molar-refractivity contribution is 6.02. The van der Waals surface area contributed by atoms with Crippen LogP contribution in [0.25, 0.3) is 6.08 Å². The third-order valence-electron chi connectivity index (χ3n) is 3.59. The first-order valence-electron chi connectivity index (χ1n) is 8.41. The highest BCUT2D eigenvalue weighted by Gasteiger charge is 2.08. The van der Waals surface area contributed by atoms with Crippen molar-refractivity contribution in [2.24, 2.45) is 0 Å². The molecule has 0 aliphatic heterocycles. The molecule has 0 radical (unpaired) electrons. The summed E-state index contributed by atoms with van der Waals surface area (Å²) >= 11 is 0. The molecule has 2 aromatic rings. The molecule has 0 heterocycles. The van der Waals surface area contributed by atoms with Crippen molar-refractivity contribution < 1.29 is 19.0 Å². The molecule has 2 rings (SSSR count). The maximum Gasteiger partial charge on any atom is 0.248 e. The quantitative estimate of drug-likeness (QED) is 0.746. The Hall–Kier alpha value is -2.95. The molecule has 26 heavy (non-hydrogen) atoms. The Kier molecular flexibility index (Phi) is 6.67. The Morgan fingerprint density at radius 1 is 1.00 bits per heavy atom. The molecule has 0 fully saturated rings. The zero-order valence-corrected chi connectivity index (χ0v) is 15.8. The van der Waals surface area contributed by atoms with Gasteiger partial charge in [0.1, 0.15) is 5.75 Å². The lowest BCUT2D eigenvalue weighted by Gasteiger charge is -2.13. The largest absolute Gasteiger partial charge is 0.495 e. The van der Waals surface area contributed by atoms with Gasteiger partial charge in [0.25, 0.3) is 0 Å². The molecule has 138 valence electrons. The van der Waals surface area contributed by atoms with Crippen molar-refractivity contribution in [1.82, 2.24) is 0 Å². The molecule has 0 atom stereocenters. The van der Waals surface area contributed by atoms with Gasteiger partial charge < -0.3 is 19.5 Å². The summed E-state index contributed by atoms with van der Waals surface area (Å²) < 4.78 is 16.3. The highest BCUT2D eigenvalue weighted by Crippen LogP contribution is 2.29. The topological polar surface area (TPSA) is 56.8 Å². The Balaban J connectivity index is 2.12. The lowest BCUT2D eigenvalue weighted by Crippen LogP contribution is -2.09. The lowest BCUT2D eigenvalue weighted by atomic mass is 10.1. The molecule has 0 aliphatic rings. The van der Waals surface area contributed by atoms with Gasteiger partial charge in [-0.25, -0.2) is 0 Å². The number of rotatable bonds is 7. The number of anilines is 1. The molecule has 0 saturated carbocycles. The van der Waals surface area contributed by atoms with Crippen LogP contribution in [0.5, 0.6) is 17.2 Å². The predicted octanol–water partition coefficient (Wildman–Crippen LogP) is 4.45. The summed E-state index contributed by atoms with van der Waals surface area (Å²) in [7, 11) is 3.16. The van der Waals surface area contributed by atoms with Gasteiger partial charge in [-0.05, 0) is 62.2 Å². The van der Waals surface area contributed by atoms with Crippen LogP contribution >= 0.6 is 0 Å². The zero-order chi connectivity index (χ0) is 19.1. The maximum absolute atomic E-state index is 12.2.